The van der Waals surface area contributed by atoms with E-state index >= 15 is 0 Å². The molecule has 4 rings (SSSR count). The lowest BCUT2D eigenvalue weighted by Crippen LogP contribution is -2.46. The maximum Gasteiger partial charge on any atom is 0.252 e. The van der Waals surface area contributed by atoms with Crippen molar-refractivity contribution in [1.82, 2.24) is 9.62 Å². The van der Waals surface area contributed by atoms with Gasteiger partial charge in [-0.2, -0.15) is 4.31 Å². The molecule has 2 unspecified atom stereocenters. The first-order chi connectivity index (χ1) is 14.4. The van der Waals surface area contributed by atoms with Crippen LogP contribution in [0.1, 0.15) is 34.2 Å². The van der Waals surface area contributed by atoms with Crippen LogP contribution in [0, 0.1) is 12.8 Å². The minimum Gasteiger partial charge on any atom is -0.344 e. The Bertz CT molecular complexity index is 1090. The van der Waals surface area contributed by atoms with Crippen LogP contribution < -0.4 is 5.32 Å². The second kappa shape index (κ2) is 9.01. The molecule has 1 aromatic carbocycles. The molecule has 3 aromatic rings. The highest BCUT2D eigenvalue weighted by Crippen LogP contribution is 2.30. The highest BCUT2D eigenvalue weighted by Gasteiger charge is 2.35. The first kappa shape index (κ1) is 21.2. The van der Waals surface area contributed by atoms with Gasteiger partial charge < -0.3 is 5.32 Å². The molecule has 0 radical (unpaired) electrons. The van der Waals surface area contributed by atoms with Crippen molar-refractivity contribution < 1.29 is 13.2 Å². The van der Waals surface area contributed by atoms with E-state index in [1.165, 1.54) is 15.6 Å². The van der Waals surface area contributed by atoms with E-state index in [2.05, 4.69) is 5.32 Å². The van der Waals surface area contributed by atoms with Crippen LogP contribution in [0.5, 0.6) is 0 Å². The zero-order chi connectivity index (χ0) is 21.1. The van der Waals surface area contributed by atoms with E-state index in [9.17, 15) is 13.2 Å². The number of piperidine rings is 1. The normalized spacial score (nSPS) is 18.8. The monoisotopic (exact) mass is 460 g/mol. The summed E-state index contributed by atoms with van der Waals surface area (Å²) in [7, 11) is -3.56. The summed E-state index contributed by atoms with van der Waals surface area (Å²) in [6.45, 7) is 2.57. The number of aryl methyl sites for hydroxylation is 1. The molecule has 8 heteroatoms. The Labute approximate surface area is 185 Å². The van der Waals surface area contributed by atoms with Crippen molar-refractivity contribution in [3.8, 4) is 0 Å². The zero-order valence-electron chi connectivity index (χ0n) is 16.7. The number of hydrogen-bond acceptors (Lipinski definition) is 5. The predicted octanol–water partition coefficient (Wildman–Crippen LogP) is 4.42. The zero-order valence-corrected chi connectivity index (χ0v) is 19.1. The van der Waals surface area contributed by atoms with Gasteiger partial charge in [-0.15, -0.1) is 22.7 Å². The molecule has 0 aliphatic carbocycles. The molecular weight excluding hydrogens is 436 g/mol. The van der Waals surface area contributed by atoms with Crippen molar-refractivity contribution in [2.45, 2.75) is 30.0 Å². The first-order valence-corrected chi connectivity index (χ1v) is 13.0. The van der Waals surface area contributed by atoms with E-state index in [-0.39, 0.29) is 24.4 Å². The van der Waals surface area contributed by atoms with Gasteiger partial charge in [0.05, 0.1) is 12.0 Å². The van der Waals surface area contributed by atoms with Crippen LogP contribution in [-0.2, 0) is 14.8 Å². The molecule has 30 heavy (non-hydrogen) atoms. The van der Waals surface area contributed by atoms with Gasteiger partial charge in [0, 0.05) is 22.8 Å². The quantitative estimate of drug-likeness (QED) is 0.592. The molecule has 1 saturated heterocycles. The molecule has 5 nitrogen and oxygen atoms in total. The number of thiophene rings is 2. The summed E-state index contributed by atoms with van der Waals surface area (Å²) in [4.78, 5) is 15.2. The Balaban J connectivity index is 1.51. The van der Waals surface area contributed by atoms with Crippen molar-refractivity contribution in [3.05, 3.63) is 75.3 Å². The van der Waals surface area contributed by atoms with Gasteiger partial charge in [-0.3, -0.25) is 4.79 Å². The van der Waals surface area contributed by atoms with E-state index in [4.69, 9.17) is 0 Å². The van der Waals surface area contributed by atoms with Crippen molar-refractivity contribution in [3.63, 3.8) is 0 Å². The van der Waals surface area contributed by atoms with Gasteiger partial charge in [0.15, 0.2) is 0 Å². The number of hydrogen-bond donors (Lipinski definition) is 1. The molecule has 0 spiro atoms. The van der Waals surface area contributed by atoms with E-state index < -0.39 is 10.0 Å². The third-order valence-electron chi connectivity index (χ3n) is 5.31. The highest BCUT2D eigenvalue weighted by atomic mass is 32.2. The number of amides is 1. The topological polar surface area (TPSA) is 66.5 Å². The average Bonchev–Trinajstić information content (AvgIpc) is 3.45. The van der Waals surface area contributed by atoms with Gasteiger partial charge in [-0.05, 0) is 48.9 Å². The van der Waals surface area contributed by atoms with Crippen LogP contribution in [0.15, 0.2) is 64.2 Å². The Hall–Kier alpha value is -2.00. The number of sulfonamides is 1. The van der Waals surface area contributed by atoms with Gasteiger partial charge in [0.1, 0.15) is 4.21 Å². The van der Waals surface area contributed by atoms with Gasteiger partial charge >= 0.3 is 0 Å². The fourth-order valence-electron chi connectivity index (χ4n) is 3.73. The molecule has 0 bridgehead atoms. The molecule has 1 amide bonds. The highest BCUT2D eigenvalue weighted by molar-refractivity contribution is 7.91. The smallest absolute Gasteiger partial charge is 0.252 e. The number of carbonyl (C=O) groups excluding carboxylic acids is 1. The molecule has 2 aromatic heterocycles. The van der Waals surface area contributed by atoms with Crippen molar-refractivity contribution in [2.24, 2.45) is 5.92 Å². The Kier molecular flexibility index (Phi) is 6.38. The number of carbonyl (C=O) groups is 1. The summed E-state index contributed by atoms with van der Waals surface area (Å²) in [5, 5.41) is 5.17. The van der Waals surface area contributed by atoms with Crippen LogP contribution >= 0.6 is 22.7 Å². The van der Waals surface area contributed by atoms with Crippen molar-refractivity contribution >= 4 is 38.6 Å². The Morgan fingerprint density at radius 3 is 2.60 bits per heavy atom. The molecule has 158 valence electrons. The van der Waals surface area contributed by atoms with Crippen molar-refractivity contribution in [2.75, 3.05) is 13.1 Å². The van der Waals surface area contributed by atoms with Gasteiger partial charge in [0.25, 0.3) is 10.0 Å². The number of benzene rings is 1. The second-order valence-corrected chi connectivity index (χ2v) is 11.9. The van der Waals surface area contributed by atoms with Crippen LogP contribution in [0.2, 0.25) is 0 Å². The molecule has 1 fully saturated rings. The average molecular weight is 461 g/mol. The molecular formula is C22H24N2O3S3. The standard InChI is InChI=1S/C22H24N2O3S3/c1-16-11-12-20(29-16)30(26,27)24-13-5-9-18(15-24)22(25)23-21(19-10-6-14-28-19)17-7-3-2-4-8-17/h2-4,6-8,10-12,14,18,21H,5,9,13,15H2,1H3,(H,23,25). The maximum atomic E-state index is 13.2. The van der Waals surface area contributed by atoms with Gasteiger partial charge in [0.2, 0.25) is 5.91 Å². The number of nitrogens with zero attached hydrogens (tertiary/aromatic N) is 1. The Morgan fingerprint density at radius 2 is 1.93 bits per heavy atom. The summed E-state index contributed by atoms with van der Waals surface area (Å²) in [5.41, 5.74) is 1.02. The summed E-state index contributed by atoms with van der Waals surface area (Å²) in [6.07, 6.45) is 1.37. The predicted molar refractivity (Wildman–Crippen MR) is 121 cm³/mol. The SMILES string of the molecule is Cc1ccc(S(=O)(=O)N2CCCC(C(=O)NC(c3ccccc3)c3cccs3)C2)s1. The van der Waals surface area contributed by atoms with Crippen LogP contribution in [-0.4, -0.2) is 31.7 Å². The molecule has 1 N–H and O–H groups in total. The third-order valence-corrected chi connectivity index (χ3v) is 9.58. The van der Waals surface area contributed by atoms with E-state index in [1.807, 2.05) is 60.8 Å². The van der Waals surface area contributed by atoms with E-state index in [0.717, 1.165) is 15.3 Å². The summed E-state index contributed by atoms with van der Waals surface area (Å²) in [5.74, 6) is -0.458. The Morgan fingerprint density at radius 1 is 1.13 bits per heavy atom. The van der Waals surface area contributed by atoms with Crippen molar-refractivity contribution in [1.29, 1.82) is 0 Å². The molecule has 0 saturated carbocycles. The van der Waals surface area contributed by atoms with Crippen LogP contribution in [0.3, 0.4) is 0 Å². The molecule has 2 atom stereocenters. The van der Waals surface area contributed by atoms with Crippen LogP contribution in [0.25, 0.3) is 0 Å². The lowest BCUT2D eigenvalue weighted by atomic mass is 9.97. The van der Waals surface area contributed by atoms with Crippen LogP contribution in [0.4, 0.5) is 0 Å². The fraction of sp³-hybridized carbons (Fsp3) is 0.318. The van der Waals surface area contributed by atoms with Gasteiger partial charge in [-0.25, -0.2) is 8.42 Å². The lowest BCUT2D eigenvalue weighted by Gasteiger charge is -2.31. The first-order valence-electron chi connectivity index (χ1n) is 9.90. The number of rotatable bonds is 6. The third kappa shape index (κ3) is 4.51. The maximum absolute atomic E-state index is 13.2. The second-order valence-electron chi connectivity index (χ2n) is 7.43. The largest absolute Gasteiger partial charge is 0.344 e. The minimum atomic E-state index is -3.56. The summed E-state index contributed by atoms with van der Waals surface area (Å²) >= 11 is 2.87. The van der Waals surface area contributed by atoms with E-state index in [1.54, 1.807) is 17.4 Å². The minimum absolute atomic E-state index is 0.0977. The van der Waals surface area contributed by atoms with E-state index in [0.29, 0.717) is 23.6 Å². The summed E-state index contributed by atoms with van der Waals surface area (Å²) < 4.78 is 27.8. The summed E-state index contributed by atoms with van der Waals surface area (Å²) in [6, 6.07) is 17.1. The lowest BCUT2D eigenvalue weighted by molar-refractivity contribution is -0.126. The van der Waals surface area contributed by atoms with Gasteiger partial charge in [-0.1, -0.05) is 36.4 Å². The molecule has 3 heterocycles. The molecule has 1 aliphatic heterocycles. The fourth-order valence-corrected chi connectivity index (χ4v) is 7.50. The number of nitrogens with one attached hydrogen (secondary N) is 1. The molecule has 1 aliphatic rings.